The molecule has 0 bridgehead atoms. The van der Waals surface area contributed by atoms with E-state index in [1.54, 1.807) is 90.3 Å². The summed E-state index contributed by atoms with van der Waals surface area (Å²) in [7, 11) is 0. The van der Waals surface area contributed by atoms with Crippen molar-refractivity contribution in [2.45, 2.75) is 44.2 Å². The van der Waals surface area contributed by atoms with Gasteiger partial charge in [-0.05, 0) is 93.4 Å². The van der Waals surface area contributed by atoms with Gasteiger partial charge in [0, 0.05) is 24.9 Å². The maximum absolute atomic E-state index is 14.1. The highest BCUT2D eigenvalue weighted by Crippen LogP contribution is 2.40. The number of thiophene rings is 1. The average molecular weight is 858 g/mol. The van der Waals surface area contributed by atoms with E-state index in [1.807, 2.05) is 30.3 Å². The minimum absolute atomic E-state index is 0.00340. The third-order valence-corrected chi connectivity index (χ3v) is 12.0. The van der Waals surface area contributed by atoms with Gasteiger partial charge in [-0.15, -0.1) is 11.3 Å². The fourth-order valence-corrected chi connectivity index (χ4v) is 8.21. The van der Waals surface area contributed by atoms with Gasteiger partial charge < -0.3 is 30.1 Å². The van der Waals surface area contributed by atoms with Crippen molar-refractivity contribution < 1.29 is 33.8 Å². The zero-order valence-corrected chi connectivity index (χ0v) is 33.9. The number of anilines is 1. The Balaban J connectivity index is 0.981. The van der Waals surface area contributed by atoms with E-state index in [-0.39, 0.29) is 37.8 Å². The average Bonchev–Trinajstić information content (AvgIpc) is 3.81. The van der Waals surface area contributed by atoms with Gasteiger partial charge in [0.15, 0.2) is 0 Å². The summed E-state index contributed by atoms with van der Waals surface area (Å²) in [6.45, 7) is 0.305. The fourth-order valence-electron chi connectivity index (χ4n) is 7.21. The van der Waals surface area contributed by atoms with Crippen LogP contribution >= 0.6 is 34.5 Å². The highest BCUT2D eigenvalue weighted by atomic mass is 35.5. The molecule has 5 aromatic carbocycles. The number of carbonyl (C=O) groups excluding carboxylic acids is 3. The van der Waals surface area contributed by atoms with Crippen LogP contribution in [-0.2, 0) is 40.4 Å². The number of nitrogens with one attached hydrogen (secondary N) is 2. The zero-order valence-electron chi connectivity index (χ0n) is 31.6. The third kappa shape index (κ3) is 8.70. The van der Waals surface area contributed by atoms with E-state index in [1.165, 1.54) is 16.2 Å². The lowest BCUT2D eigenvalue weighted by atomic mass is 9.91. The van der Waals surface area contributed by atoms with E-state index in [0.29, 0.717) is 54.4 Å². The van der Waals surface area contributed by atoms with Crippen LogP contribution in [-0.4, -0.2) is 45.8 Å². The van der Waals surface area contributed by atoms with Crippen molar-refractivity contribution in [1.29, 1.82) is 5.26 Å². The minimum Gasteiger partial charge on any atom is -0.489 e. The lowest BCUT2D eigenvalue weighted by molar-refractivity contribution is -0.142. The molecule has 1 unspecified atom stereocenters. The SMILES string of the molecule is N#Cc1ccc(-c2ccc(CC(NC(=O)[C@@H]3Cc4cc5c(cc4CN3C(=O)c3cccs3)O[C@@H](c3ccc(OCc4ccc(Cl)c(Cl)c4)cc3)C(=O)N5)C(=O)O)cc2)cc1. The third-order valence-electron chi connectivity index (χ3n) is 10.4. The Morgan fingerprint density at radius 2 is 1.63 bits per heavy atom. The Bertz CT molecular complexity index is 2650. The molecule has 1 aromatic heterocycles. The van der Waals surface area contributed by atoms with E-state index in [4.69, 9.17) is 37.9 Å². The number of nitriles is 1. The number of carbonyl (C=O) groups is 4. The number of benzene rings is 5. The lowest BCUT2D eigenvalue weighted by Gasteiger charge is -2.37. The smallest absolute Gasteiger partial charge is 0.326 e. The van der Waals surface area contributed by atoms with Gasteiger partial charge in [0.2, 0.25) is 12.0 Å². The Morgan fingerprint density at radius 3 is 2.30 bits per heavy atom. The molecule has 0 spiro atoms. The van der Waals surface area contributed by atoms with Crippen molar-refractivity contribution in [2.24, 2.45) is 0 Å². The molecule has 0 saturated carbocycles. The second-order valence-electron chi connectivity index (χ2n) is 14.3. The van der Waals surface area contributed by atoms with Gasteiger partial charge in [-0.1, -0.05) is 83.9 Å². The van der Waals surface area contributed by atoms with Crippen molar-refractivity contribution in [2.75, 3.05) is 5.32 Å². The molecular formula is C46H34Cl2N4O7S. The van der Waals surface area contributed by atoms with Crippen LogP contribution in [0.25, 0.3) is 11.1 Å². The monoisotopic (exact) mass is 856 g/mol. The van der Waals surface area contributed by atoms with Crippen LogP contribution in [0.3, 0.4) is 0 Å². The molecule has 0 radical (unpaired) electrons. The summed E-state index contributed by atoms with van der Waals surface area (Å²) >= 11 is 13.4. The fraction of sp³-hybridized carbons (Fsp3) is 0.152. The van der Waals surface area contributed by atoms with Gasteiger partial charge in [0.1, 0.15) is 30.2 Å². The first-order valence-electron chi connectivity index (χ1n) is 18.8. The Morgan fingerprint density at radius 1 is 0.917 bits per heavy atom. The van der Waals surface area contributed by atoms with E-state index in [9.17, 15) is 24.3 Å². The maximum atomic E-state index is 14.1. The molecule has 2 aliphatic heterocycles. The van der Waals surface area contributed by atoms with Crippen LogP contribution in [0.1, 0.15) is 49.2 Å². The molecule has 6 aromatic rings. The molecule has 0 fully saturated rings. The van der Waals surface area contributed by atoms with Crippen LogP contribution in [0.2, 0.25) is 10.0 Å². The molecule has 3 N–H and O–H groups in total. The second kappa shape index (κ2) is 17.3. The highest BCUT2D eigenvalue weighted by molar-refractivity contribution is 7.12. The van der Waals surface area contributed by atoms with Crippen LogP contribution in [0.4, 0.5) is 5.69 Å². The second-order valence-corrected chi connectivity index (χ2v) is 16.1. The van der Waals surface area contributed by atoms with Gasteiger partial charge >= 0.3 is 5.97 Å². The van der Waals surface area contributed by atoms with Crippen molar-refractivity contribution in [3.8, 4) is 28.7 Å². The molecule has 3 atom stereocenters. The quantitative estimate of drug-likeness (QED) is 0.117. The zero-order chi connectivity index (χ0) is 41.9. The van der Waals surface area contributed by atoms with Crippen molar-refractivity contribution in [3.05, 3.63) is 169 Å². The van der Waals surface area contributed by atoms with Crippen LogP contribution in [0.5, 0.6) is 11.5 Å². The normalized spacial score (nSPS) is 15.9. The molecule has 0 aliphatic carbocycles. The molecule has 11 nitrogen and oxygen atoms in total. The van der Waals surface area contributed by atoms with Crippen molar-refractivity contribution in [3.63, 3.8) is 0 Å². The Hall–Kier alpha value is -6.65. The van der Waals surface area contributed by atoms with Gasteiger partial charge in [-0.25, -0.2) is 4.79 Å². The molecule has 14 heteroatoms. The molecule has 300 valence electrons. The minimum atomic E-state index is -1.28. The summed E-state index contributed by atoms with van der Waals surface area (Å²) in [5, 5.41) is 27.6. The predicted octanol–water partition coefficient (Wildman–Crippen LogP) is 8.62. The molecule has 60 heavy (non-hydrogen) atoms. The molecule has 2 aliphatic rings. The number of nitrogens with zero attached hydrogens (tertiary/aromatic N) is 2. The number of carboxylic acids is 1. The van der Waals surface area contributed by atoms with E-state index in [2.05, 4.69) is 16.7 Å². The lowest BCUT2D eigenvalue weighted by Crippen LogP contribution is -2.55. The number of fused-ring (bicyclic) bond motifs is 2. The summed E-state index contributed by atoms with van der Waals surface area (Å²) in [5.74, 6) is -1.61. The number of amides is 3. The number of halogens is 2. The standard InChI is InChI=1S/C46H34Cl2N4O7S/c47-35-16-7-28(18-36(35)48)25-58-34-14-12-31(13-15-34)42-44(54)50-37-20-32-21-39(52(24-33(32)22-40(37)59-42)45(55)41-2-1-17-60-41)43(53)51-38(46(56)57)19-26-3-8-29(9-4-26)30-10-5-27(23-49)6-11-30/h1-18,20,22,38-39,42H,19,21,24-25H2,(H,50,54)(H,51,53)(H,56,57)/t38?,39-,42-/m0/s1. The summed E-state index contributed by atoms with van der Waals surface area (Å²) < 4.78 is 12.2. The predicted molar refractivity (Wildman–Crippen MR) is 227 cm³/mol. The highest BCUT2D eigenvalue weighted by Gasteiger charge is 2.39. The van der Waals surface area contributed by atoms with Gasteiger partial charge in [0.25, 0.3) is 11.8 Å². The van der Waals surface area contributed by atoms with Crippen LogP contribution < -0.4 is 20.1 Å². The summed E-state index contributed by atoms with van der Waals surface area (Å²) in [5.41, 5.74) is 6.31. The summed E-state index contributed by atoms with van der Waals surface area (Å²) in [6, 6.07) is 33.4. The number of hydrogen-bond acceptors (Lipinski definition) is 8. The van der Waals surface area contributed by atoms with E-state index >= 15 is 0 Å². The molecule has 8 rings (SSSR count). The molecule has 3 amide bonds. The Kier molecular flexibility index (Phi) is 11.6. The van der Waals surface area contributed by atoms with Crippen molar-refractivity contribution >= 4 is 63.9 Å². The summed E-state index contributed by atoms with van der Waals surface area (Å²) in [6.07, 6.45) is -0.894. The van der Waals surface area contributed by atoms with Crippen molar-refractivity contribution in [1.82, 2.24) is 10.2 Å². The van der Waals surface area contributed by atoms with Gasteiger partial charge in [-0.3, -0.25) is 14.4 Å². The number of carboxylic acid groups (broad SMARTS) is 1. The number of rotatable bonds is 11. The number of hydrogen-bond donors (Lipinski definition) is 3. The molecule has 3 heterocycles. The molecular weight excluding hydrogens is 823 g/mol. The maximum Gasteiger partial charge on any atom is 0.326 e. The van der Waals surface area contributed by atoms with Gasteiger partial charge in [-0.2, -0.15) is 5.26 Å². The number of ether oxygens (including phenoxy) is 2. The van der Waals surface area contributed by atoms with Crippen LogP contribution in [0, 0.1) is 11.3 Å². The van der Waals surface area contributed by atoms with Crippen LogP contribution in [0.15, 0.2) is 121 Å². The van der Waals surface area contributed by atoms with E-state index in [0.717, 1.165) is 22.3 Å². The first-order chi connectivity index (χ1) is 29.0. The molecule has 0 saturated heterocycles. The number of aliphatic carboxylic acids is 1. The first kappa shape index (κ1) is 40.1. The van der Waals surface area contributed by atoms with E-state index < -0.39 is 30.1 Å². The van der Waals surface area contributed by atoms with Gasteiger partial charge in [0.05, 0.1) is 32.2 Å². The summed E-state index contributed by atoms with van der Waals surface area (Å²) in [4.78, 5) is 55.8. The first-order valence-corrected chi connectivity index (χ1v) is 20.4. The Labute approximate surface area is 358 Å². The topological polar surface area (TPSA) is 158 Å². The largest absolute Gasteiger partial charge is 0.489 e.